The highest BCUT2D eigenvalue weighted by molar-refractivity contribution is 7.03. The third-order valence-electron chi connectivity index (χ3n) is 7.15. The van der Waals surface area contributed by atoms with Crippen molar-refractivity contribution in [3.05, 3.63) is 116 Å². The molecule has 0 N–H and O–H groups in total. The standard InChI is InChI=1S/C33H54O6Si7/c1-14-41(6,7)35-44(12,31-25-19-16-20-26-31)39-45(13,36-42(8,9)15-2)37-43(10,11)38-46(34-40(3,4)5,32-27-21-17-22-28-32)33-29-23-18-24-30-33/h14-30H,1-2H2,3-13H3. The lowest BCUT2D eigenvalue weighted by atomic mass is 10.4. The second-order valence-corrected chi connectivity index (χ2v) is 40.0. The van der Waals surface area contributed by atoms with Crippen LogP contribution in [-0.4, -0.2) is 59.4 Å². The fourth-order valence-electron chi connectivity index (χ4n) is 5.34. The Hall–Kier alpha value is -1.58. The summed E-state index contributed by atoms with van der Waals surface area (Å²) >= 11 is 0. The molecule has 0 bridgehead atoms. The highest BCUT2D eigenvalue weighted by atomic mass is 28.5. The van der Waals surface area contributed by atoms with Gasteiger partial charge < -0.3 is 24.7 Å². The van der Waals surface area contributed by atoms with Crippen LogP contribution in [0.5, 0.6) is 0 Å². The molecule has 3 aromatic rings. The van der Waals surface area contributed by atoms with Crippen molar-refractivity contribution in [3.8, 4) is 0 Å². The molecule has 13 heteroatoms. The predicted octanol–water partition coefficient (Wildman–Crippen LogP) is 7.29. The summed E-state index contributed by atoms with van der Waals surface area (Å²) < 4.78 is 43.2. The van der Waals surface area contributed by atoms with Crippen LogP contribution in [-0.2, 0) is 24.7 Å². The molecule has 0 saturated carbocycles. The van der Waals surface area contributed by atoms with Gasteiger partial charge in [-0.25, -0.2) is 0 Å². The monoisotopic (exact) mass is 742 g/mol. The molecule has 0 aliphatic carbocycles. The van der Waals surface area contributed by atoms with Gasteiger partial charge in [-0.3, -0.25) is 0 Å². The molecule has 250 valence electrons. The minimum atomic E-state index is -3.50. The van der Waals surface area contributed by atoms with Crippen LogP contribution in [0.25, 0.3) is 0 Å². The van der Waals surface area contributed by atoms with Crippen molar-refractivity contribution in [1.82, 2.24) is 0 Å². The summed E-state index contributed by atoms with van der Waals surface area (Å²) in [5.41, 5.74) is 3.87. The Morgan fingerprint density at radius 3 is 1.22 bits per heavy atom. The van der Waals surface area contributed by atoms with Gasteiger partial charge in [0.1, 0.15) is 0 Å². The molecule has 0 aliphatic rings. The summed E-state index contributed by atoms with van der Waals surface area (Å²) in [5, 5.41) is 3.11. The fraction of sp³-hybridized carbons (Fsp3) is 0.333. The fourth-order valence-corrected chi connectivity index (χ4v) is 34.9. The van der Waals surface area contributed by atoms with Crippen molar-refractivity contribution < 1.29 is 24.7 Å². The van der Waals surface area contributed by atoms with Gasteiger partial charge in [0.05, 0.1) is 0 Å². The molecule has 0 radical (unpaired) electrons. The van der Waals surface area contributed by atoms with Crippen LogP contribution in [0.2, 0.25) is 72.0 Å². The van der Waals surface area contributed by atoms with E-state index in [1.54, 1.807) is 0 Å². The Kier molecular flexibility index (Phi) is 12.6. The van der Waals surface area contributed by atoms with Gasteiger partial charge in [-0.2, -0.15) is 0 Å². The van der Waals surface area contributed by atoms with Gasteiger partial charge in [0, 0.05) is 6.55 Å². The number of hydrogen-bond acceptors (Lipinski definition) is 6. The zero-order valence-electron chi connectivity index (χ0n) is 29.7. The van der Waals surface area contributed by atoms with E-state index in [0.29, 0.717) is 0 Å². The van der Waals surface area contributed by atoms with Crippen molar-refractivity contribution in [2.45, 2.75) is 72.0 Å². The summed E-state index contributed by atoms with van der Waals surface area (Å²) in [4.78, 5) is 0. The maximum atomic E-state index is 7.46. The molecule has 0 aliphatic heterocycles. The van der Waals surface area contributed by atoms with Crippen molar-refractivity contribution in [2.24, 2.45) is 0 Å². The molecule has 0 amide bonds. The van der Waals surface area contributed by atoms with E-state index in [-0.39, 0.29) is 0 Å². The van der Waals surface area contributed by atoms with E-state index in [4.69, 9.17) is 24.7 Å². The summed E-state index contributed by atoms with van der Waals surface area (Å²) in [6.45, 7) is 31.6. The lowest BCUT2D eigenvalue weighted by Crippen LogP contribution is -2.72. The number of benzene rings is 3. The molecule has 0 heterocycles. The third kappa shape index (κ3) is 10.7. The van der Waals surface area contributed by atoms with E-state index in [1.807, 2.05) is 48.3 Å². The third-order valence-corrected chi connectivity index (χ3v) is 33.1. The van der Waals surface area contributed by atoms with E-state index < -0.39 is 59.4 Å². The zero-order valence-corrected chi connectivity index (χ0v) is 36.7. The first-order valence-corrected chi connectivity index (χ1v) is 34.4. The van der Waals surface area contributed by atoms with Crippen molar-refractivity contribution in [2.75, 3.05) is 0 Å². The lowest BCUT2D eigenvalue weighted by Gasteiger charge is -2.46. The van der Waals surface area contributed by atoms with E-state index in [2.05, 4.69) is 139 Å². The first-order valence-electron chi connectivity index (χ1n) is 15.8. The van der Waals surface area contributed by atoms with Crippen LogP contribution in [0.3, 0.4) is 0 Å². The summed E-state index contributed by atoms with van der Waals surface area (Å²) in [7, 11) is -19.9. The minimum Gasteiger partial charge on any atom is -0.430 e. The predicted molar refractivity (Wildman–Crippen MR) is 210 cm³/mol. The molecule has 0 spiro atoms. The first-order chi connectivity index (χ1) is 21.2. The Balaban J connectivity index is 2.19. The summed E-state index contributed by atoms with van der Waals surface area (Å²) in [5.74, 6) is 0. The topological polar surface area (TPSA) is 55.4 Å². The van der Waals surface area contributed by atoms with Crippen molar-refractivity contribution in [1.29, 1.82) is 0 Å². The normalized spacial score (nSPS) is 15.9. The van der Waals surface area contributed by atoms with Crippen LogP contribution in [0.15, 0.2) is 116 Å². The van der Waals surface area contributed by atoms with Crippen LogP contribution in [0.4, 0.5) is 0 Å². The first kappa shape index (κ1) is 38.9. The van der Waals surface area contributed by atoms with Crippen LogP contribution in [0, 0.1) is 0 Å². The Morgan fingerprint density at radius 2 is 0.826 bits per heavy atom. The van der Waals surface area contributed by atoms with Crippen molar-refractivity contribution >= 4 is 75.0 Å². The highest BCUT2D eigenvalue weighted by Crippen LogP contribution is 2.31. The minimum absolute atomic E-state index is 1.01. The lowest BCUT2D eigenvalue weighted by molar-refractivity contribution is 0.215. The molecule has 0 aromatic heterocycles. The SMILES string of the molecule is C=C[Si](C)(C)O[Si](C)(O[Si](C)(C)O[Si](O[Si](C)(C)C)(c1ccccc1)c1ccccc1)O[Si](C)(O[Si](C)(C)C=C)c1ccccc1. The maximum Gasteiger partial charge on any atom is 0.469 e. The smallest absolute Gasteiger partial charge is 0.430 e. The van der Waals surface area contributed by atoms with E-state index in [0.717, 1.165) is 15.6 Å². The molecule has 46 heavy (non-hydrogen) atoms. The molecule has 2 unspecified atom stereocenters. The van der Waals surface area contributed by atoms with Gasteiger partial charge in [0.15, 0.2) is 16.6 Å². The second-order valence-electron chi connectivity index (χ2n) is 14.3. The van der Waals surface area contributed by atoms with E-state index in [1.165, 1.54) is 0 Å². The van der Waals surface area contributed by atoms with Crippen LogP contribution < -0.4 is 15.6 Å². The van der Waals surface area contributed by atoms with Crippen molar-refractivity contribution in [3.63, 3.8) is 0 Å². The molecular formula is C33H54O6Si7. The van der Waals surface area contributed by atoms with E-state index >= 15 is 0 Å². The number of rotatable bonds is 17. The number of hydrogen-bond donors (Lipinski definition) is 0. The van der Waals surface area contributed by atoms with Gasteiger partial charge in [-0.05, 0) is 81.0 Å². The Labute approximate surface area is 285 Å². The largest absolute Gasteiger partial charge is 0.469 e. The van der Waals surface area contributed by atoms with Gasteiger partial charge in [-0.1, -0.05) is 102 Å². The van der Waals surface area contributed by atoms with E-state index in [9.17, 15) is 0 Å². The summed E-state index contributed by atoms with van der Waals surface area (Å²) in [6.07, 6.45) is 0. The average Bonchev–Trinajstić information content (AvgIpc) is 2.96. The van der Waals surface area contributed by atoms with Crippen LogP contribution >= 0.6 is 0 Å². The van der Waals surface area contributed by atoms with Gasteiger partial charge in [0.25, 0.3) is 0 Å². The zero-order chi connectivity index (χ0) is 34.5. The van der Waals surface area contributed by atoms with Gasteiger partial charge >= 0.3 is 34.5 Å². The van der Waals surface area contributed by atoms with Gasteiger partial charge in [0.2, 0.25) is 8.32 Å². The molecule has 3 rings (SSSR count). The average molecular weight is 743 g/mol. The maximum absolute atomic E-state index is 7.46. The summed E-state index contributed by atoms with van der Waals surface area (Å²) in [6, 6.07) is 30.9. The quantitative estimate of drug-likeness (QED) is 0.136. The van der Waals surface area contributed by atoms with Gasteiger partial charge in [-0.15, -0.1) is 13.2 Å². The molecular weight excluding hydrogens is 689 g/mol. The second kappa shape index (κ2) is 14.9. The molecule has 0 saturated heterocycles. The Morgan fingerprint density at radius 1 is 0.435 bits per heavy atom. The highest BCUT2D eigenvalue weighted by Gasteiger charge is 2.57. The molecule has 0 fully saturated rings. The van der Waals surface area contributed by atoms with Crippen LogP contribution in [0.1, 0.15) is 0 Å². The Bertz CT molecular complexity index is 1400. The molecule has 3 aromatic carbocycles. The molecule has 6 nitrogen and oxygen atoms in total. The molecule has 2 atom stereocenters.